The van der Waals surface area contributed by atoms with E-state index in [4.69, 9.17) is 0 Å². The molecule has 4 rings (SSSR count). The monoisotopic (exact) mass is 413 g/mol. The number of rotatable bonds is 5. The van der Waals surface area contributed by atoms with E-state index in [9.17, 15) is 14.7 Å². The maximum atomic E-state index is 13.4. The zero-order valence-electron chi connectivity index (χ0n) is 18.1. The van der Waals surface area contributed by atoms with E-state index >= 15 is 0 Å². The highest BCUT2D eigenvalue weighted by Crippen LogP contribution is 2.43. The fourth-order valence-corrected chi connectivity index (χ4v) is 4.09. The molecule has 1 aliphatic heterocycles. The molecule has 0 saturated carbocycles. The van der Waals surface area contributed by atoms with Gasteiger partial charge in [0.2, 0.25) is 0 Å². The summed E-state index contributed by atoms with van der Waals surface area (Å²) < 4.78 is 0. The van der Waals surface area contributed by atoms with Crippen molar-refractivity contribution in [2.75, 3.05) is 4.90 Å². The Bertz CT molecular complexity index is 1110. The van der Waals surface area contributed by atoms with Crippen molar-refractivity contribution in [3.05, 3.63) is 101 Å². The molecule has 0 bridgehead atoms. The molecule has 0 spiro atoms. The van der Waals surface area contributed by atoms with Crippen LogP contribution in [0.15, 0.2) is 78.9 Å². The summed E-state index contributed by atoms with van der Waals surface area (Å²) in [6.45, 7) is 6.68. The molecule has 3 aromatic carbocycles. The maximum Gasteiger partial charge on any atom is 0.264 e. The average Bonchev–Trinajstić information content (AvgIpc) is 2.96. The number of nitrogens with zero attached hydrogens (tertiary/aromatic N) is 1. The van der Waals surface area contributed by atoms with Crippen molar-refractivity contribution in [2.24, 2.45) is 0 Å². The van der Waals surface area contributed by atoms with Gasteiger partial charge in [-0.05, 0) is 22.6 Å². The first kappa shape index (κ1) is 21.0. The average molecular weight is 414 g/mol. The molecule has 0 aromatic heterocycles. The highest BCUT2D eigenvalue weighted by molar-refractivity contribution is 6.10. The number of fused-ring (bicyclic) bond motifs is 1. The molecule has 4 nitrogen and oxygen atoms in total. The summed E-state index contributed by atoms with van der Waals surface area (Å²) in [4.78, 5) is 28.0. The normalized spacial score (nSPS) is 18.2. The Morgan fingerprint density at radius 3 is 2.16 bits per heavy atom. The van der Waals surface area contributed by atoms with Gasteiger partial charge >= 0.3 is 0 Å². The Hall–Kier alpha value is -3.24. The van der Waals surface area contributed by atoms with Gasteiger partial charge in [-0.2, -0.15) is 0 Å². The highest BCUT2D eigenvalue weighted by atomic mass is 16.3. The van der Waals surface area contributed by atoms with Crippen LogP contribution in [0.1, 0.15) is 54.2 Å². The van der Waals surface area contributed by atoms with Crippen LogP contribution in [0.3, 0.4) is 0 Å². The third kappa shape index (κ3) is 3.91. The van der Waals surface area contributed by atoms with E-state index in [1.54, 1.807) is 29.2 Å². The minimum atomic E-state index is -1.87. The minimum absolute atomic E-state index is 0.0158. The van der Waals surface area contributed by atoms with Crippen molar-refractivity contribution < 1.29 is 14.7 Å². The van der Waals surface area contributed by atoms with Gasteiger partial charge in [0.1, 0.15) is 0 Å². The molecule has 1 N–H and O–H groups in total. The van der Waals surface area contributed by atoms with Crippen LogP contribution in [0.5, 0.6) is 0 Å². The van der Waals surface area contributed by atoms with E-state index in [-0.39, 0.29) is 17.6 Å². The van der Waals surface area contributed by atoms with Gasteiger partial charge in [0.25, 0.3) is 5.91 Å². The Morgan fingerprint density at radius 2 is 1.52 bits per heavy atom. The number of amides is 1. The standard InChI is InChI=1S/C27H27NO3/c1-26(2,3)21-15-13-20(14-16-21)24(29)17-27(31)22-11-7-8-12-23(22)28(25(27)30)18-19-9-5-4-6-10-19/h4-16,31H,17-18H2,1-3H3. The van der Waals surface area contributed by atoms with Crippen molar-refractivity contribution in [1.82, 2.24) is 0 Å². The molecular weight excluding hydrogens is 386 g/mol. The van der Waals surface area contributed by atoms with Crippen molar-refractivity contribution in [3.8, 4) is 0 Å². The molecule has 158 valence electrons. The van der Waals surface area contributed by atoms with Gasteiger partial charge < -0.3 is 10.0 Å². The number of Topliss-reactive ketones (excluding diaryl/α,β-unsaturated/α-hetero) is 1. The largest absolute Gasteiger partial charge is 0.375 e. The number of hydrogen-bond donors (Lipinski definition) is 1. The van der Waals surface area contributed by atoms with Crippen LogP contribution >= 0.6 is 0 Å². The molecule has 4 heteroatoms. The maximum absolute atomic E-state index is 13.4. The first-order chi connectivity index (χ1) is 14.7. The number of para-hydroxylation sites is 1. The van der Waals surface area contributed by atoms with Gasteiger partial charge in [-0.25, -0.2) is 0 Å². The molecule has 1 amide bonds. The summed E-state index contributed by atoms with van der Waals surface area (Å²) in [7, 11) is 0. The van der Waals surface area contributed by atoms with Crippen molar-refractivity contribution in [1.29, 1.82) is 0 Å². The zero-order chi connectivity index (χ0) is 22.2. The summed E-state index contributed by atoms with van der Waals surface area (Å²) >= 11 is 0. The van der Waals surface area contributed by atoms with Gasteiger partial charge in [-0.15, -0.1) is 0 Å². The predicted molar refractivity (Wildman–Crippen MR) is 122 cm³/mol. The van der Waals surface area contributed by atoms with Crippen molar-refractivity contribution in [2.45, 2.75) is 44.8 Å². The fourth-order valence-electron chi connectivity index (χ4n) is 4.09. The molecule has 1 heterocycles. The Morgan fingerprint density at radius 1 is 0.903 bits per heavy atom. The SMILES string of the molecule is CC(C)(C)c1ccc(C(=O)CC2(O)C(=O)N(Cc3ccccc3)c3ccccc32)cc1. The van der Waals surface area contributed by atoms with Crippen LogP contribution in [-0.4, -0.2) is 16.8 Å². The summed E-state index contributed by atoms with van der Waals surface area (Å²) in [6.07, 6.45) is -0.289. The number of aliphatic hydroxyl groups is 1. The van der Waals surface area contributed by atoms with E-state index in [0.29, 0.717) is 23.4 Å². The van der Waals surface area contributed by atoms with E-state index in [1.807, 2.05) is 54.6 Å². The second kappa shape index (κ2) is 7.78. The summed E-state index contributed by atoms with van der Waals surface area (Å²) in [5.41, 5.74) is 1.82. The number of anilines is 1. The molecule has 0 radical (unpaired) electrons. The van der Waals surface area contributed by atoms with Crippen molar-refractivity contribution >= 4 is 17.4 Å². The lowest BCUT2D eigenvalue weighted by Gasteiger charge is -2.23. The van der Waals surface area contributed by atoms with Crippen LogP contribution in [-0.2, 0) is 22.4 Å². The van der Waals surface area contributed by atoms with Crippen molar-refractivity contribution in [3.63, 3.8) is 0 Å². The quantitative estimate of drug-likeness (QED) is 0.600. The third-order valence-electron chi connectivity index (χ3n) is 5.91. The van der Waals surface area contributed by atoms with Crippen LogP contribution < -0.4 is 4.90 Å². The third-order valence-corrected chi connectivity index (χ3v) is 5.91. The van der Waals surface area contributed by atoms with E-state index < -0.39 is 11.5 Å². The summed E-state index contributed by atoms with van der Waals surface area (Å²) in [5.74, 6) is -0.718. The number of carbonyl (C=O) groups is 2. The number of ketones is 1. The minimum Gasteiger partial charge on any atom is -0.375 e. The molecule has 31 heavy (non-hydrogen) atoms. The van der Waals surface area contributed by atoms with Crippen LogP contribution in [0.25, 0.3) is 0 Å². The van der Waals surface area contributed by atoms with Gasteiger partial charge in [0.15, 0.2) is 11.4 Å². The molecule has 1 unspecified atom stereocenters. The molecule has 0 aliphatic carbocycles. The number of carbonyl (C=O) groups excluding carboxylic acids is 2. The summed E-state index contributed by atoms with van der Waals surface area (Å²) in [5, 5.41) is 11.5. The topological polar surface area (TPSA) is 57.6 Å². The Balaban J connectivity index is 1.63. The molecule has 0 saturated heterocycles. The molecule has 1 aliphatic rings. The molecule has 3 aromatic rings. The van der Waals surface area contributed by atoms with Gasteiger partial charge in [-0.1, -0.05) is 93.6 Å². The first-order valence-corrected chi connectivity index (χ1v) is 10.5. The predicted octanol–water partition coefficient (Wildman–Crippen LogP) is 4.99. The first-order valence-electron chi connectivity index (χ1n) is 10.5. The lowest BCUT2D eigenvalue weighted by Crippen LogP contribution is -2.41. The van der Waals surface area contributed by atoms with Crippen LogP contribution in [0, 0.1) is 0 Å². The smallest absolute Gasteiger partial charge is 0.264 e. The zero-order valence-corrected chi connectivity index (χ0v) is 18.1. The van der Waals surface area contributed by atoms with Crippen LogP contribution in [0.2, 0.25) is 0 Å². The number of benzene rings is 3. The lowest BCUT2D eigenvalue weighted by atomic mass is 9.85. The van der Waals surface area contributed by atoms with Gasteiger partial charge in [0.05, 0.1) is 18.7 Å². The van der Waals surface area contributed by atoms with E-state index in [2.05, 4.69) is 20.8 Å². The highest BCUT2D eigenvalue weighted by Gasteiger charge is 2.50. The second-order valence-corrected chi connectivity index (χ2v) is 9.18. The molecule has 1 atom stereocenters. The second-order valence-electron chi connectivity index (χ2n) is 9.18. The Kier molecular flexibility index (Phi) is 5.28. The van der Waals surface area contributed by atoms with E-state index in [1.165, 1.54) is 0 Å². The van der Waals surface area contributed by atoms with Gasteiger partial charge in [0, 0.05) is 11.1 Å². The van der Waals surface area contributed by atoms with Gasteiger partial charge in [-0.3, -0.25) is 9.59 Å². The Labute approximate surface area is 183 Å². The number of hydrogen-bond acceptors (Lipinski definition) is 3. The molecular formula is C27H27NO3. The van der Waals surface area contributed by atoms with Crippen LogP contribution in [0.4, 0.5) is 5.69 Å². The van der Waals surface area contributed by atoms with E-state index in [0.717, 1.165) is 11.1 Å². The molecule has 0 fully saturated rings. The fraction of sp³-hybridized carbons (Fsp3) is 0.259. The lowest BCUT2D eigenvalue weighted by molar-refractivity contribution is -0.136. The summed E-state index contributed by atoms with van der Waals surface area (Å²) in [6, 6.07) is 24.2.